The first kappa shape index (κ1) is 14.3. The molecular weight excluding hydrogens is 290 g/mol. The molecule has 1 aliphatic heterocycles. The van der Waals surface area contributed by atoms with Gasteiger partial charge in [-0.15, -0.1) is 0 Å². The number of nitrogens with zero attached hydrogens (tertiary/aromatic N) is 2. The largest absolute Gasteiger partial charge is 0.454 e. The molecule has 120 valence electrons. The molecule has 0 radical (unpaired) electrons. The van der Waals surface area contributed by atoms with E-state index >= 15 is 0 Å². The molecule has 0 spiro atoms. The summed E-state index contributed by atoms with van der Waals surface area (Å²) in [6.07, 6.45) is 8.56. The van der Waals surface area contributed by atoms with Crippen LogP contribution in [0.1, 0.15) is 37.8 Å². The van der Waals surface area contributed by atoms with Crippen molar-refractivity contribution in [2.24, 2.45) is 11.0 Å². The maximum Gasteiger partial charge on any atom is 0.231 e. The molecule has 2 aliphatic rings. The highest BCUT2D eigenvalue weighted by Crippen LogP contribution is 2.38. The Morgan fingerprint density at radius 1 is 1.13 bits per heavy atom. The zero-order valence-electron chi connectivity index (χ0n) is 13.3. The van der Waals surface area contributed by atoms with Crippen molar-refractivity contribution in [3.63, 3.8) is 0 Å². The summed E-state index contributed by atoms with van der Waals surface area (Å²) in [6, 6.07) is 5.92. The summed E-state index contributed by atoms with van der Waals surface area (Å²) in [4.78, 5) is 4.58. The van der Waals surface area contributed by atoms with E-state index in [0.29, 0.717) is 5.92 Å². The lowest BCUT2D eigenvalue weighted by Crippen LogP contribution is -2.08. The van der Waals surface area contributed by atoms with Crippen LogP contribution in [-0.4, -0.2) is 18.0 Å². The first-order valence-electron chi connectivity index (χ1n) is 8.30. The summed E-state index contributed by atoms with van der Waals surface area (Å²) >= 11 is 0. The molecular formula is C18H21N3O2. The maximum absolute atomic E-state index is 5.48. The lowest BCUT2D eigenvalue weighted by molar-refractivity contribution is 0.174. The second kappa shape index (κ2) is 6.07. The zero-order valence-corrected chi connectivity index (χ0v) is 13.3. The van der Waals surface area contributed by atoms with Gasteiger partial charge in [0.1, 0.15) is 0 Å². The van der Waals surface area contributed by atoms with Crippen LogP contribution in [0.4, 0.5) is 5.69 Å². The van der Waals surface area contributed by atoms with Crippen molar-refractivity contribution in [2.45, 2.75) is 39.0 Å². The van der Waals surface area contributed by atoms with E-state index in [0.717, 1.165) is 33.8 Å². The van der Waals surface area contributed by atoms with Crippen molar-refractivity contribution in [1.82, 2.24) is 4.98 Å². The molecule has 1 aromatic carbocycles. The third kappa shape index (κ3) is 2.96. The Morgan fingerprint density at radius 3 is 2.74 bits per heavy atom. The van der Waals surface area contributed by atoms with Gasteiger partial charge in [0.25, 0.3) is 0 Å². The Kier molecular flexibility index (Phi) is 3.77. The van der Waals surface area contributed by atoms with Crippen LogP contribution >= 0.6 is 0 Å². The molecule has 1 aromatic heterocycles. The number of aryl methyl sites for hydroxylation is 1. The summed E-state index contributed by atoms with van der Waals surface area (Å²) in [5.41, 5.74) is 6.00. The number of benzene rings is 1. The molecule has 1 N–H and O–H groups in total. The molecule has 0 atom stereocenters. The minimum absolute atomic E-state index is 0.271. The Hall–Kier alpha value is -2.30. The van der Waals surface area contributed by atoms with E-state index in [1.165, 1.54) is 32.1 Å². The van der Waals surface area contributed by atoms with Crippen LogP contribution < -0.4 is 14.9 Å². The van der Waals surface area contributed by atoms with Gasteiger partial charge in [-0.05, 0) is 37.8 Å². The van der Waals surface area contributed by atoms with Gasteiger partial charge in [0.2, 0.25) is 6.79 Å². The molecule has 0 bridgehead atoms. The van der Waals surface area contributed by atoms with Gasteiger partial charge in [0.15, 0.2) is 11.5 Å². The molecule has 5 heteroatoms. The van der Waals surface area contributed by atoms with E-state index in [2.05, 4.69) is 21.7 Å². The Balaban J connectivity index is 1.62. The highest BCUT2D eigenvalue weighted by Gasteiger charge is 2.16. The molecule has 0 unspecified atom stereocenters. The van der Waals surface area contributed by atoms with Gasteiger partial charge in [0, 0.05) is 23.4 Å². The number of aromatic nitrogens is 1. The van der Waals surface area contributed by atoms with E-state index in [4.69, 9.17) is 9.47 Å². The van der Waals surface area contributed by atoms with Crippen molar-refractivity contribution < 1.29 is 9.47 Å². The number of hydrogen-bond acceptors (Lipinski definition) is 5. The molecule has 23 heavy (non-hydrogen) atoms. The third-order valence-electron chi connectivity index (χ3n) is 4.55. The number of pyridine rings is 1. The van der Waals surface area contributed by atoms with E-state index in [1.807, 2.05) is 25.1 Å². The highest BCUT2D eigenvalue weighted by atomic mass is 16.7. The quantitative estimate of drug-likeness (QED) is 0.680. The second-order valence-electron chi connectivity index (χ2n) is 6.32. The van der Waals surface area contributed by atoms with Crippen LogP contribution in [0.3, 0.4) is 0 Å². The SMILES string of the molecule is Cc1cc(N/N=C/C2CCCCC2)c2cc3c(cc2n1)OCO3. The van der Waals surface area contributed by atoms with E-state index in [9.17, 15) is 0 Å². The van der Waals surface area contributed by atoms with Crippen LogP contribution in [0.25, 0.3) is 10.9 Å². The lowest BCUT2D eigenvalue weighted by atomic mass is 9.90. The second-order valence-corrected chi connectivity index (χ2v) is 6.32. The van der Waals surface area contributed by atoms with Gasteiger partial charge in [-0.3, -0.25) is 10.4 Å². The summed E-state index contributed by atoms with van der Waals surface area (Å²) in [6.45, 7) is 2.26. The average molecular weight is 311 g/mol. The van der Waals surface area contributed by atoms with E-state index in [-0.39, 0.29) is 6.79 Å². The molecule has 0 amide bonds. The fourth-order valence-corrected chi connectivity index (χ4v) is 3.34. The Bertz CT molecular complexity index is 752. The Labute approximate surface area is 135 Å². The van der Waals surface area contributed by atoms with Crippen molar-refractivity contribution in [3.8, 4) is 11.5 Å². The summed E-state index contributed by atoms with van der Waals surface area (Å²) in [5, 5.41) is 5.48. The normalized spacial score (nSPS) is 18.0. The molecule has 4 rings (SSSR count). The van der Waals surface area contributed by atoms with Crippen molar-refractivity contribution in [1.29, 1.82) is 0 Å². The first-order chi connectivity index (χ1) is 11.3. The van der Waals surface area contributed by atoms with Crippen LogP contribution in [0, 0.1) is 12.8 Å². The third-order valence-corrected chi connectivity index (χ3v) is 4.55. The van der Waals surface area contributed by atoms with Gasteiger partial charge in [-0.25, -0.2) is 0 Å². The fourth-order valence-electron chi connectivity index (χ4n) is 3.34. The predicted octanol–water partition coefficient (Wildman–Crippen LogP) is 4.25. The van der Waals surface area contributed by atoms with Gasteiger partial charge < -0.3 is 9.47 Å². The van der Waals surface area contributed by atoms with Gasteiger partial charge >= 0.3 is 0 Å². The summed E-state index contributed by atoms with van der Waals surface area (Å²) in [7, 11) is 0. The smallest absolute Gasteiger partial charge is 0.231 e. The molecule has 0 saturated heterocycles. The van der Waals surface area contributed by atoms with Crippen LogP contribution in [-0.2, 0) is 0 Å². The number of rotatable bonds is 3. The van der Waals surface area contributed by atoms with E-state index in [1.54, 1.807) is 0 Å². The average Bonchev–Trinajstić information content (AvgIpc) is 3.01. The van der Waals surface area contributed by atoms with Crippen molar-refractivity contribution in [3.05, 3.63) is 23.9 Å². The van der Waals surface area contributed by atoms with Gasteiger partial charge in [-0.2, -0.15) is 5.10 Å². The molecule has 5 nitrogen and oxygen atoms in total. The number of fused-ring (bicyclic) bond motifs is 2. The summed E-state index contributed by atoms with van der Waals surface area (Å²) in [5.74, 6) is 2.13. The van der Waals surface area contributed by atoms with Crippen molar-refractivity contribution in [2.75, 3.05) is 12.2 Å². The molecule has 2 heterocycles. The monoisotopic (exact) mass is 311 g/mol. The number of ether oxygens (including phenoxy) is 2. The number of anilines is 1. The van der Waals surface area contributed by atoms with Crippen LogP contribution in [0.2, 0.25) is 0 Å². The maximum atomic E-state index is 5.48. The van der Waals surface area contributed by atoms with Crippen LogP contribution in [0.15, 0.2) is 23.3 Å². The summed E-state index contributed by atoms with van der Waals surface area (Å²) < 4.78 is 10.9. The van der Waals surface area contributed by atoms with Gasteiger partial charge in [0.05, 0.1) is 11.2 Å². The highest BCUT2D eigenvalue weighted by molar-refractivity contribution is 5.94. The topological polar surface area (TPSA) is 55.7 Å². The molecule has 2 aromatic rings. The standard InChI is InChI=1S/C18H21N3O2/c1-12-7-16(21-19-10-13-5-3-2-4-6-13)14-8-17-18(23-11-22-17)9-15(14)20-12/h7-10,13H,2-6,11H2,1H3,(H,20,21)/b19-10+. The Morgan fingerprint density at radius 2 is 1.91 bits per heavy atom. The number of hydrazone groups is 1. The van der Waals surface area contributed by atoms with Crippen LogP contribution in [0.5, 0.6) is 11.5 Å². The minimum Gasteiger partial charge on any atom is -0.454 e. The molecule has 1 saturated carbocycles. The zero-order chi connectivity index (χ0) is 15.6. The number of nitrogens with one attached hydrogen (secondary N) is 1. The van der Waals surface area contributed by atoms with Gasteiger partial charge in [-0.1, -0.05) is 19.3 Å². The predicted molar refractivity (Wildman–Crippen MR) is 91.3 cm³/mol. The van der Waals surface area contributed by atoms with Crippen molar-refractivity contribution >= 4 is 22.8 Å². The molecule has 1 aliphatic carbocycles. The lowest BCUT2D eigenvalue weighted by Gasteiger charge is -2.17. The van der Waals surface area contributed by atoms with E-state index < -0.39 is 0 Å². The molecule has 1 fully saturated rings. The fraction of sp³-hybridized carbons (Fsp3) is 0.444. The minimum atomic E-state index is 0.271. The first-order valence-corrected chi connectivity index (χ1v) is 8.30. The number of hydrogen-bond donors (Lipinski definition) is 1.